The van der Waals surface area contributed by atoms with Gasteiger partial charge in [-0.25, -0.2) is 4.52 Å². The van der Waals surface area contributed by atoms with Crippen LogP contribution in [0.25, 0.3) is 5.52 Å². The Morgan fingerprint density at radius 1 is 1.31 bits per heavy atom. The summed E-state index contributed by atoms with van der Waals surface area (Å²) in [6.45, 7) is 0.339. The first-order valence-electron chi connectivity index (χ1n) is 8.11. The summed E-state index contributed by atoms with van der Waals surface area (Å²) in [6.07, 6.45) is -2.98. The topological polar surface area (TPSA) is 66.7 Å². The number of hydrogen-bond donors (Lipinski definition) is 1. The van der Waals surface area contributed by atoms with E-state index in [4.69, 9.17) is 11.6 Å². The molecule has 0 spiro atoms. The molecule has 0 bridgehead atoms. The van der Waals surface area contributed by atoms with Crippen LogP contribution in [0.4, 0.5) is 13.2 Å². The van der Waals surface area contributed by atoms with Gasteiger partial charge in [-0.3, -0.25) is 9.59 Å². The molecule has 1 saturated heterocycles. The fourth-order valence-corrected chi connectivity index (χ4v) is 3.34. The number of nitrogens with zero attached hydrogens (tertiary/aromatic N) is 3. The Bertz CT molecular complexity index is 920. The lowest BCUT2D eigenvalue weighted by atomic mass is 10.1. The van der Waals surface area contributed by atoms with Crippen LogP contribution in [0.1, 0.15) is 40.5 Å². The highest BCUT2D eigenvalue weighted by atomic mass is 35.5. The molecular weight excluding hydrogens is 373 g/mol. The number of nitrogens with one attached hydrogen (secondary N) is 1. The van der Waals surface area contributed by atoms with Gasteiger partial charge in [0.25, 0.3) is 5.91 Å². The van der Waals surface area contributed by atoms with Gasteiger partial charge < -0.3 is 10.2 Å². The number of hydrogen-bond acceptors (Lipinski definition) is 3. The first-order chi connectivity index (χ1) is 12.3. The molecule has 1 saturated carbocycles. The average Bonchev–Trinajstić information content (AvgIpc) is 3.37. The van der Waals surface area contributed by atoms with Gasteiger partial charge in [0.15, 0.2) is 5.69 Å². The molecule has 0 radical (unpaired) electrons. The molecule has 2 fully saturated rings. The van der Waals surface area contributed by atoms with Crippen LogP contribution < -0.4 is 5.32 Å². The second-order valence-electron chi connectivity index (χ2n) is 6.48. The van der Waals surface area contributed by atoms with Crippen molar-refractivity contribution >= 4 is 28.9 Å². The number of rotatable bonds is 2. The Morgan fingerprint density at radius 2 is 2.04 bits per heavy atom. The van der Waals surface area contributed by atoms with Gasteiger partial charge >= 0.3 is 6.18 Å². The molecule has 0 aromatic carbocycles. The number of carbonyl (C=O) groups is 2. The summed E-state index contributed by atoms with van der Waals surface area (Å²) < 4.78 is 41.1. The van der Waals surface area contributed by atoms with Crippen LogP contribution in [0.5, 0.6) is 0 Å². The lowest BCUT2D eigenvalue weighted by Gasteiger charge is -2.25. The predicted molar refractivity (Wildman–Crippen MR) is 86.1 cm³/mol. The Labute approximate surface area is 150 Å². The predicted octanol–water partition coefficient (Wildman–Crippen LogP) is 2.46. The molecule has 26 heavy (non-hydrogen) atoms. The molecule has 3 heterocycles. The van der Waals surface area contributed by atoms with Gasteiger partial charge in [-0.1, -0.05) is 11.6 Å². The van der Waals surface area contributed by atoms with Crippen molar-refractivity contribution < 1.29 is 22.8 Å². The Balaban J connectivity index is 1.83. The van der Waals surface area contributed by atoms with Crippen molar-refractivity contribution in [1.29, 1.82) is 0 Å². The Morgan fingerprint density at radius 3 is 2.65 bits per heavy atom. The van der Waals surface area contributed by atoms with Crippen LogP contribution in [0.2, 0.25) is 5.02 Å². The third-order valence-electron chi connectivity index (χ3n) is 4.56. The molecule has 4 rings (SSSR count). The summed E-state index contributed by atoms with van der Waals surface area (Å²) in [4.78, 5) is 25.3. The smallest absolute Gasteiger partial charge is 0.353 e. The molecule has 6 nitrogen and oxygen atoms in total. The van der Waals surface area contributed by atoms with Crippen LogP contribution in [0.3, 0.4) is 0 Å². The summed E-state index contributed by atoms with van der Waals surface area (Å²) in [7, 11) is 0. The van der Waals surface area contributed by atoms with Crippen molar-refractivity contribution in [3.8, 4) is 0 Å². The van der Waals surface area contributed by atoms with Crippen LogP contribution in [-0.4, -0.2) is 46.0 Å². The first-order valence-corrected chi connectivity index (χ1v) is 8.49. The van der Waals surface area contributed by atoms with E-state index < -0.39 is 17.8 Å². The fourth-order valence-electron chi connectivity index (χ4n) is 3.09. The lowest BCUT2D eigenvalue weighted by Crippen LogP contribution is -2.50. The number of fused-ring (bicyclic) bond motifs is 1. The van der Waals surface area contributed by atoms with E-state index in [1.165, 1.54) is 4.90 Å². The van der Waals surface area contributed by atoms with Crippen molar-refractivity contribution in [2.24, 2.45) is 0 Å². The molecule has 2 aromatic rings. The Kier molecular flexibility index (Phi) is 3.87. The minimum atomic E-state index is -4.64. The van der Waals surface area contributed by atoms with Gasteiger partial charge in [0.2, 0.25) is 5.91 Å². The highest BCUT2D eigenvalue weighted by molar-refractivity contribution is 6.36. The number of halogens is 4. The minimum Gasteiger partial charge on any atom is -0.353 e. The van der Waals surface area contributed by atoms with Crippen molar-refractivity contribution in [3.63, 3.8) is 0 Å². The van der Waals surface area contributed by atoms with E-state index >= 15 is 0 Å². The highest BCUT2D eigenvalue weighted by Gasteiger charge is 2.38. The second-order valence-corrected chi connectivity index (χ2v) is 6.86. The number of carbonyl (C=O) groups excluding carboxylic acids is 2. The molecule has 138 valence electrons. The maximum Gasteiger partial charge on any atom is 0.433 e. The summed E-state index contributed by atoms with van der Waals surface area (Å²) in [6, 6.07) is 2.62. The minimum absolute atomic E-state index is 0.0493. The van der Waals surface area contributed by atoms with E-state index in [9.17, 15) is 22.8 Å². The van der Waals surface area contributed by atoms with Gasteiger partial charge in [-0.05, 0) is 36.5 Å². The number of piperazine rings is 1. The number of alkyl halides is 3. The molecule has 2 aromatic heterocycles. The Hall–Kier alpha value is -2.29. The van der Waals surface area contributed by atoms with Crippen molar-refractivity contribution in [2.45, 2.75) is 24.9 Å². The van der Waals surface area contributed by atoms with Gasteiger partial charge in [-0.15, -0.1) is 0 Å². The fraction of sp³-hybridized carbons (Fsp3) is 0.438. The molecule has 1 aliphatic carbocycles. The third-order valence-corrected chi connectivity index (χ3v) is 4.94. The van der Waals surface area contributed by atoms with E-state index in [1.807, 2.05) is 0 Å². The molecule has 1 N–H and O–H groups in total. The average molecular weight is 387 g/mol. The summed E-state index contributed by atoms with van der Waals surface area (Å²) in [5.41, 5.74) is -0.648. The maximum absolute atomic E-state index is 13.5. The highest BCUT2D eigenvalue weighted by Crippen LogP contribution is 2.43. The number of pyridine rings is 1. The molecule has 0 atom stereocenters. The third kappa shape index (κ3) is 2.90. The SMILES string of the molecule is O=C1CN(C(=O)c2nn3c(C(F)(F)F)cc(C4CC4)cc3c2Cl)CCN1. The summed E-state index contributed by atoms with van der Waals surface area (Å²) in [5, 5.41) is 6.29. The van der Waals surface area contributed by atoms with Crippen LogP contribution >= 0.6 is 11.6 Å². The summed E-state index contributed by atoms with van der Waals surface area (Å²) in [5.74, 6) is -0.914. The number of aromatic nitrogens is 2. The van der Waals surface area contributed by atoms with Gasteiger partial charge in [0.1, 0.15) is 5.69 Å². The van der Waals surface area contributed by atoms with E-state index in [-0.39, 0.29) is 47.7 Å². The van der Waals surface area contributed by atoms with E-state index in [0.29, 0.717) is 10.1 Å². The zero-order valence-corrected chi connectivity index (χ0v) is 14.2. The zero-order chi connectivity index (χ0) is 18.6. The van der Waals surface area contributed by atoms with E-state index in [0.717, 1.165) is 18.9 Å². The standard InChI is InChI=1S/C16H14ClF3N4O2/c17-13-10-5-9(8-1-2-8)6-11(16(18,19)20)24(10)22-14(13)15(26)23-4-3-21-12(25)7-23/h5-6,8H,1-4,7H2,(H,21,25). The largest absolute Gasteiger partial charge is 0.433 e. The van der Waals surface area contributed by atoms with Gasteiger partial charge in [0.05, 0.1) is 17.1 Å². The van der Waals surface area contributed by atoms with Crippen molar-refractivity contribution in [2.75, 3.05) is 19.6 Å². The molecule has 2 aliphatic rings. The van der Waals surface area contributed by atoms with Crippen LogP contribution in [0, 0.1) is 0 Å². The van der Waals surface area contributed by atoms with E-state index in [1.54, 1.807) is 6.07 Å². The molecule has 0 unspecified atom stereocenters. The molecule has 2 amide bonds. The lowest BCUT2D eigenvalue weighted by molar-refractivity contribution is -0.142. The molecular formula is C16H14ClF3N4O2. The van der Waals surface area contributed by atoms with Gasteiger partial charge in [0, 0.05) is 13.1 Å². The number of amides is 2. The van der Waals surface area contributed by atoms with Crippen molar-refractivity contribution in [3.05, 3.63) is 34.1 Å². The van der Waals surface area contributed by atoms with Crippen molar-refractivity contribution in [1.82, 2.24) is 19.8 Å². The monoisotopic (exact) mass is 386 g/mol. The summed E-state index contributed by atoms with van der Waals surface area (Å²) >= 11 is 6.23. The molecule has 10 heteroatoms. The van der Waals surface area contributed by atoms with Gasteiger partial charge in [-0.2, -0.15) is 18.3 Å². The van der Waals surface area contributed by atoms with Crippen LogP contribution in [0.15, 0.2) is 12.1 Å². The maximum atomic E-state index is 13.5. The molecule has 1 aliphatic heterocycles. The quantitative estimate of drug-likeness (QED) is 0.862. The first kappa shape index (κ1) is 17.1. The van der Waals surface area contributed by atoms with Crippen LogP contribution in [-0.2, 0) is 11.0 Å². The van der Waals surface area contributed by atoms with E-state index in [2.05, 4.69) is 10.4 Å². The normalized spacial score (nSPS) is 18.3. The second kappa shape index (κ2) is 5.87. The zero-order valence-electron chi connectivity index (χ0n) is 13.4.